The smallest absolute Gasteiger partial charge is 0.137 e. The summed E-state index contributed by atoms with van der Waals surface area (Å²) in [6.07, 6.45) is 0. The lowest BCUT2D eigenvalue weighted by atomic mass is 9.82. The molecule has 2 nitrogen and oxygen atoms in total. The summed E-state index contributed by atoms with van der Waals surface area (Å²) in [6, 6.07) is 72.5. The second-order valence-electron chi connectivity index (χ2n) is 15.7. The third-order valence-electron chi connectivity index (χ3n) is 12.1. The first-order valence-corrected chi connectivity index (χ1v) is 19.8. The van der Waals surface area contributed by atoms with Gasteiger partial charge < -0.3 is 9.64 Å². The molecular weight excluding hydrogens is 691 g/mol. The predicted octanol–water partition coefficient (Wildman–Crippen LogP) is 15.4. The second-order valence-corrected chi connectivity index (χ2v) is 15.7. The van der Waals surface area contributed by atoms with Gasteiger partial charge in [0.05, 0.1) is 0 Å². The maximum absolute atomic E-state index is 7.15. The van der Waals surface area contributed by atoms with Crippen molar-refractivity contribution in [3.05, 3.63) is 211 Å². The largest absolute Gasteiger partial charge is 0.456 e. The maximum Gasteiger partial charge on any atom is 0.137 e. The van der Waals surface area contributed by atoms with Crippen LogP contribution >= 0.6 is 0 Å². The van der Waals surface area contributed by atoms with Crippen LogP contribution in [0.2, 0.25) is 0 Å². The summed E-state index contributed by atoms with van der Waals surface area (Å²) >= 11 is 0. The molecule has 11 rings (SSSR count). The van der Waals surface area contributed by atoms with E-state index in [0.717, 1.165) is 50.6 Å². The standard InChI is InChI=1S/C55H39NO/c1-55(2)50-23-12-11-20-45(50)46-30-28-42(34-51(46)55)56(41-26-24-37(25-27-41)36-14-5-3-6-15-36)43-29-31-47-48-22-13-21-44(38-16-7-4-8-17-38)54(48)49-32-39-18-9-10-19-40(39)33-52(49)57-53(47)35-43/h3-35H,1-2H3. The molecule has 2 heteroatoms. The van der Waals surface area contributed by atoms with Crippen molar-refractivity contribution in [2.24, 2.45) is 0 Å². The van der Waals surface area contributed by atoms with Gasteiger partial charge in [0.25, 0.3) is 0 Å². The van der Waals surface area contributed by atoms with Crippen molar-refractivity contribution in [1.82, 2.24) is 0 Å². The lowest BCUT2D eigenvalue weighted by Gasteiger charge is -2.29. The van der Waals surface area contributed by atoms with Crippen LogP contribution in [-0.2, 0) is 5.41 Å². The van der Waals surface area contributed by atoms with Crippen LogP contribution < -0.4 is 9.64 Å². The van der Waals surface area contributed by atoms with Crippen molar-refractivity contribution in [2.75, 3.05) is 4.90 Å². The minimum absolute atomic E-state index is 0.131. The zero-order valence-electron chi connectivity index (χ0n) is 31.9. The number of rotatable bonds is 5. The molecule has 0 unspecified atom stereocenters. The SMILES string of the molecule is CC1(C)c2ccccc2-c2ccc(N(c3ccc(-c4ccccc4)cc3)c3ccc4c(c3)Oc3cc5ccccc5cc3-c3c(-c5ccccc5)cccc3-4)cc21. The van der Waals surface area contributed by atoms with Gasteiger partial charge in [0.1, 0.15) is 11.5 Å². The number of hydrogen-bond acceptors (Lipinski definition) is 2. The average Bonchev–Trinajstić information content (AvgIpc) is 3.40. The minimum Gasteiger partial charge on any atom is -0.456 e. The Morgan fingerprint density at radius 1 is 0.351 bits per heavy atom. The van der Waals surface area contributed by atoms with Gasteiger partial charge >= 0.3 is 0 Å². The Hall–Kier alpha value is -7.16. The Bertz CT molecular complexity index is 3000. The maximum atomic E-state index is 7.15. The van der Waals surface area contributed by atoms with E-state index < -0.39 is 0 Å². The van der Waals surface area contributed by atoms with Gasteiger partial charge in [-0.15, -0.1) is 0 Å². The molecule has 1 aliphatic heterocycles. The Labute approximate surface area is 333 Å². The van der Waals surface area contributed by atoms with Crippen LogP contribution in [-0.4, -0.2) is 0 Å². The molecule has 0 aromatic heterocycles. The average molecular weight is 730 g/mol. The van der Waals surface area contributed by atoms with Gasteiger partial charge in [-0.2, -0.15) is 0 Å². The van der Waals surface area contributed by atoms with Crippen LogP contribution in [0, 0.1) is 0 Å². The quantitative estimate of drug-likeness (QED) is 0.175. The summed E-state index contributed by atoms with van der Waals surface area (Å²) in [5.41, 5.74) is 17.7. The first-order valence-electron chi connectivity index (χ1n) is 19.8. The van der Waals surface area contributed by atoms with Crippen molar-refractivity contribution in [3.8, 4) is 67.1 Å². The number of hydrogen-bond donors (Lipinski definition) is 0. The molecule has 2 aliphatic rings. The van der Waals surface area contributed by atoms with Crippen LogP contribution in [0.3, 0.4) is 0 Å². The summed E-state index contributed by atoms with van der Waals surface area (Å²) < 4.78 is 7.15. The highest BCUT2D eigenvalue weighted by atomic mass is 16.5. The normalized spacial score (nSPS) is 13.0. The lowest BCUT2D eigenvalue weighted by molar-refractivity contribution is 0.488. The second kappa shape index (κ2) is 13.0. The van der Waals surface area contributed by atoms with E-state index in [1.54, 1.807) is 0 Å². The van der Waals surface area contributed by atoms with E-state index in [-0.39, 0.29) is 5.41 Å². The van der Waals surface area contributed by atoms with E-state index in [1.165, 1.54) is 55.5 Å². The Morgan fingerprint density at radius 2 is 0.895 bits per heavy atom. The van der Waals surface area contributed by atoms with E-state index in [0.29, 0.717) is 0 Å². The van der Waals surface area contributed by atoms with E-state index >= 15 is 0 Å². The van der Waals surface area contributed by atoms with Crippen molar-refractivity contribution >= 4 is 27.8 Å². The summed E-state index contributed by atoms with van der Waals surface area (Å²) in [7, 11) is 0. The predicted molar refractivity (Wildman–Crippen MR) is 238 cm³/mol. The topological polar surface area (TPSA) is 12.5 Å². The summed E-state index contributed by atoms with van der Waals surface area (Å²) in [6.45, 7) is 4.69. The molecule has 0 N–H and O–H groups in total. The van der Waals surface area contributed by atoms with E-state index in [2.05, 4.69) is 219 Å². The van der Waals surface area contributed by atoms with Crippen LogP contribution in [0.4, 0.5) is 17.1 Å². The third kappa shape index (κ3) is 5.40. The first-order chi connectivity index (χ1) is 28.0. The van der Waals surface area contributed by atoms with E-state index in [1.807, 2.05) is 0 Å². The van der Waals surface area contributed by atoms with Gasteiger partial charge in [-0.3, -0.25) is 0 Å². The molecule has 0 radical (unpaired) electrons. The van der Waals surface area contributed by atoms with Crippen molar-refractivity contribution < 1.29 is 4.74 Å². The fraction of sp³-hybridized carbons (Fsp3) is 0.0545. The fourth-order valence-corrected chi connectivity index (χ4v) is 9.21. The number of ether oxygens (including phenoxy) is 1. The number of anilines is 3. The zero-order valence-corrected chi connectivity index (χ0v) is 31.9. The summed E-state index contributed by atoms with van der Waals surface area (Å²) in [5, 5.41) is 2.34. The van der Waals surface area contributed by atoms with Crippen LogP contribution in [0.15, 0.2) is 200 Å². The molecule has 9 aromatic rings. The lowest BCUT2D eigenvalue weighted by Crippen LogP contribution is -2.16. The van der Waals surface area contributed by atoms with Crippen molar-refractivity contribution in [2.45, 2.75) is 19.3 Å². The molecule has 270 valence electrons. The first kappa shape index (κ1) is 33.2. The van der Waals surface area contributed by atoms with Gasteiger partial charge in [-0.05, 0) is 109 Å². The molecule has 0 bridgehead atoms. The molecule has 0 atom stereocenters. The zero-order chi connectivity index (χ0) is 38.1. The molecule has 9 aromatic carbocycles. The van der Waals surface area contributed by atoms with Gasteiger partial charge in [0, 0.05) is 45.2 Å². The monoisotopic (exact) mass is 729 g/mol. The number of benzene rings is 9. The highest BCUT2D eigenvalue weighted by Crippen LogP contribution is 2.54. The molecule has 0 spiro atoms. The van der Waals surface area contributed by atoms with Crippen molar-refractivity contribution in [1.29, 1.82) is 0 Å². The van der Waals surface area contributed by atoms with Gasteiger partial charge in [-0.1, -0.05) is 159 Å². The van der Waals surface area contributed by atoms with E-state index in [9.17, 15) is 0 Å². The van der Waals surface area contributed by atoms with Gasteiger partial charge in [0.15, 0.2) is 0 Å². The number of fused-ring (bicyclic) bond motifs is 9. The fourth-order valence-electron chi connectivity index (χ4n) is 9.21. The molecular formula is C55H39NO. The molecule has 0 saturated heterocycles. The molecule has 0 fully saturated rings. The van der Waals surface area contributed by atoms with Crippen LogP contribution in [0.5, 0.6) is 11.5 Å². The van der Waals surface area contributed by atoms with Crippen LogP contribution in [0.1, 0.15) is 25.0 Å². The Kier molecular flexibility index (Phi) is 7.55. The van der Waals surface area contributed by atoms with E-state index in [4.69, 9.17) is 4.74 Å². The van der Waals surface area contributed by atoms with Crippen LogP contribution in [0.25, 0.3) is 66.4 Å². The molecule has 0 saturated carbocycles. The molecule has 0 amide bonds. The summed E-state index contributed by atoms with van der Waals surface area (Å²) in [4.78, 5) is 2.38. The van der Waals surface area contributed by atoms with Gasteiger partial charge in [0.2, 0.25) is 0 Å². The molecule has 57 heavy (non-hydrogen) atoms. The van der Waals surface area contributed by atoms with Gasteiger partial charge in [-0.25, -0.2) is 0 Å². The van der Waals surface area contributed by atoms with Crippen molar-refractivity contribution in [3.63, 3.8) is 0 Å². The minimum atomic E-state index is -0.131. The highest BCUT2D eigenvalue weighted by molar-refractivity contribution is 6.03. The highest BCUT2D eigenvalue weighted by Gasteiger charge is 2.36. The summed E-state index contributed by atoms with van der Waals surface area (Å²) in [5.74, 6) is 1.68. The Balaban J connectivity index is 1.11. The third-order valence-corrected chi connectivity index (χ3v) is 12.1. The molecule has 1 heterocycles. The molecule has 1 aliphatic carbocycles. The Morgan fingerprint density at radius 3 is 1.67 bits per heavy atom. The number of nitrogens with zero attached hydrogens (tertiary/aromatic N) is 1.